The fraction of sp³-hybridized carbons (Fsp3) is 0.786. The molecule has 0 saturated carbocycles. The van der Waals surface area contributed by atoms with Gasteiger partial charge in [-0.2, -0.15) is 0 Å². The average molecular weight is 288 g/mol. The predicted molar refractivity (Wildman–Crippen MR) is 79.9 cm³/mol. The van der Waals surface area contributed by atoms with Crippen LogP contribution in [0.15, 0.2) is 12.2 Å². The van der Waals surface area contributed by atoms with Gasteiger partial charge in [0.2, 0.25) is 0 Å². The van der Waals surface area contributed by atoms with E-state index in [1.807, 2.05) is 6.08 Å². The molecule has 4 nitrogen and oxygen atoms in total. The van der Waals surface area contributed by atoms with Gasteiger partial charge < -0.3 is 13.9 Å². The molecule has 0 aromatic heterocycles. The van der Waals surface area contributed by atoms with Gasteiger partial charge in [-0.15, -0.1) is 0 Å². The third kappa shape index (κ3) is 8.05. The lowest BCUT2D eigenvalue weighted by atomic mass is 10.2. The maximum absolute atomic E-state index is 11.1. The van der Waals surface area contributed by atoms with Crippen LogP contribution in [0.1, 0.15) is 34.6 Å². The highest BCUT2D eigenvalue weighted by Crippen LogP contribution is 2.36. The summed E-state index contributed by atoms with van der Waals surface area (Å²) in [5.74, 6) is 0. The average Bonchev–Trinajstić information content (AvgIpc) is 2.20. The van der Waals surface area contributed by atoms with Gasteiger partial charge in [-0.25, -0.2) is 4.79 Å². The zero-order chi connectivity index (χ0) is 15.1. The molecule has 0 radical (unpaired) electrons. The van der Waals surface area contributed by atoms with E-state index in [1.165, 1.54) is 0 Å². The van der Waals surface area contributed by atoms with Crippen LogP contribution in [0.25, 0.3) is 0 Å². The molecular weight excluding hydrogens is 260 g/mol. The van der Waals surface area contributed by atoms with Crippen molar-refractivity contribution in [3.8, 4) is 0 Å². The Morgan fingerprint density at radius 2 is 1.68 bits per heavy atom. The van der Waals surface area contributed by atoms with Crippen molar-refractivity contribution in [1.29, 1.82) is 0 Å². The number of carbonyl (C=O) groups is 1. The van der Waals surface area contributed by atoms with E-state index in [-0.39, 0.29) is 17.7 Å². The van der Waals surface area contributed by atoms with Crippen LogP contribution in [0.4, 0.5) is 4.79 Å². The summed E-state index contributed by atoms with van der Waals surface area (Å²) in [5.41, 5.74) is 0. The molecular formula is C14H28O4Si. The molecule has 0 aliphatic carbocycles. The largest absolute Gasteiger partial charge is 0.508 e. The Morgan fingerprint density at radius 3 is 2.16 bits per heavy atom. The van der Waals surface area contributed by atoms with Crippen molar-refractivity contribution in [2.45, 2.75) is 58.9 Å². The summed E-state index contributed by atoms with van der Waals surface area (Å²) in [6.07, 6.45) is 2.86. The second-order valence-corrected chi connectivity index (χ2v) is 11.1. The third-order valence-corrected chi connectivity index (χ3v) is 7.64. The number of ether oxygens (including phenoxy) is 2. The molecule has 0 rings (SSSR count). The lowest BCUT2D eigenvalue weighted by molar-refractivity contribution is 0.0413. The summed E-state index contributed by atoms with van der Waals surface area (Å²) in [6.45, 7) is 15.4. The Balaban J connectivity index is 3.85. The van der Waals surface area contributed by atoms with Crippen molar-refractivity contribution in [3.05, 3.63) is 12.2 Å². The zero-order valence-corrected chi connectivity index (χ0v) is 14.3. The Bertz CT molecular complexity index is 303. The molecule has 0 bridgehead atoms. The SMILES string of the molecule is CC(C)OC(=O)OC/C=C/CO[Si](C)(C)C(C)(C)C. The molecule has 0 unspecified atom stereocenters. The first-order valence-electron chi connectivity index (χ1n) is 6.68. The van der Waals surface area contributed by atoms with Gasteiger partial charge in [0.1, 0.15) is 6.61 Å². The molecule has 19 heavy (non-hydrogen) atoms. The van der Waals surface area contributed by atoms with Crippen LogP contribution >= 0.6 is 0 Å². The monoisotopic (exact) mass is 288 g/mol. The van der Waals surface area contributed by atoms with E-state index >= 15 is 0 Å². The van der Waals surface area contributed by atoms with E-state index in [2.05, 4.69) is 33.9 Å². The first-order chi connectivity index (χ1) is 8.56. The second kappa shape index (κ2) is 7.70. The maximum Gasteiger partial charge on any atom is 0.508 e. The predicted octanol–water partition coefficient (Wildman–Crippen LogP) is 4.13. The van der Waals surface area contributed by atoms with E-state index in [0.717, 1.165) is 0 Å². The summed E-state index contributed by atoms with van der Waals surface area (Å²) in [6, 6.07) is 0. The van der Waals surface area contributed by atoms with Gasteiger partial charge in [0, 0.05) is 0 Å². The smallest absolute Gasteiger partial charge is 0.432 e. The minimum atomic E-state index is -1.69. The van der Waals surface area contributed by atoms with Gasteiger partial charge in [0.25, 0.3) is 0 Å². The van der Waals surface area contributed by atoms with Gasteiger partial charge in [-0.1, -0.05) is 26.8 Å². The summed E-state index contributed by atoms with van der Waals surface area (Å²) in [7, 11) is -1.69. The molecule has 112 valence electrons. The molecule has 0 spiro atoms. The van der Waals surface area contributed by atoms with Crippen molar-refractivity contribution >= 4 is 14.5 Å². The lowest BCUT2D eigenvalue weighted by Crippen LogP contribution is -2.40. The minimum absolute atomic E-state index is 0.154. The summed E-state index contributed by atoms with van der Waals surface area (Å²) in [5, 5.41) is 0.207. The van der Waals surface area contributed by atoms with Crippen LogP contribution in [0.2, 0.25) is 18.1 Å². The Hall–Kier alpha value is -0.813. The van der Waals surface area contributed by atoms with Crippen molar-refractivity contribution in [2.75, 3.05) is 13.2 Å². The molecule has 0 aliphatic rings. The number of rotatable bonds is 6. The van der Waals surface area contributed by atoms with Gasteiger partial charge in [0.15, 0.2) is 8.32 Å². The van der Waals surface area contributed by atoms with Crippen LogP contribution in [0, 0.1) is 0 Å². The van der Waals surface area contributed by atoms with E-state index < -0.39 is 14.5 Å². The summed E-state index contributed by atoms with van der Waals surface area (Å²) < 4.78 is 15.6. The van der Waals surface area contributed by atoms with Crippen LogP contribution in [0.3, 0.4) is 0 Å². The highest BCUT2D eigenvalue weighted by Gasteiger charge is 2.36. The quantitative estimate of drug-likeness (QED) is 0.419. The molecule has 5 heteroatoms. The first-order valence-corrected chi connectivity index (χ1v) is 9.59. The topological polar surface area (TPSA) is 44.8 Å². The molecule has 0 atom stereocenters. The van der Waals surface area contributed by atoms with E-state index in [4.69, 9.17) is 13.9 Å². The number of hydrogen-bond donors (Lipinski definition) is 0. The summed E-state index contributed by atoms with van der Waals surface area (Å²) >= 11 is 0. The molecule has 0 saturated heterocycles. The van der Waals surface area contributed by atoms with Crippen LogP contribution in [-0.2, 0) is 13.9 Å². The standard InChI is InChI=1S/C14H28O4Si/c1-12(2)18-13(15)16-10-8-9-11-17-19(6,7)14(3,4)5/h8-9,12H,10-11H2,1-7H3/b9-8+. The molecule has 0 aromatic carbocycles. The fourth-order valence-corrected chi connectivity index (χ4v) is 1.90. The zero-order valence-electron chi connectivity index (χ0n) is 13.3. The minimum Gasteiger partial charge on any atom is -0.432 e. The second-order valence-electron chi connectivity index (χ2n) is 6.27. The van der Waals surface area contributed by atoms with Crippen molar-refractivity contribution in [2.24, 2.45) is 0 Å². The van der Waals surface area contributed by atoms with E-state index in [1.54, 1.807) is 19.9 Å². The summed E-state index contributed by atoms with van der Waals surface area (Å²) in [4.78, 5) is 11.1. The number of hydrogen-bond acceptors (Lipinski definition) is 4. The molecule has 0 N–H and O–H groups in total. The Morgan fingerprint density at radius 1 is 1.16 bits per heavy atom. The highest BCUT2D eigenvalue weighted by atomic mass is 28.4. The maximum atomic E-state index is 11.1. The molecule has 0 heterocycles. The van der Waals surface area contributed by atoms with Crippen LogP contribution < -0.4 is 0 Å². The molecule has 0 aliphatic heterocycles. The Kier molecular flexibility index (Phi) is 7.37. The van der Waals surface area contributed by atoms with E-state index in [9.17, 15) is 4.79 Å². The van der Waals surface area contributed by atoms with Crippen molar-refractivity contribution in [1.82, 2.24) is 0 Å². The molecule has 0 amide bonds. The van der Waals surface area contributed by atoms with Crippen molar-refractivity contribution in [3.63, 3.8) is 0 Å². The van der Waals surface area contributed by atoms with Gasteiger partial charge >= 0.3 is 6.16 Å². The fourth-order valence-electron chi connectivity index (χ4n) is 0.952. The first kappa shape index (κ1) is 18.2. The highest BCUT2D eigenvalue weighted by molar-refractivity contribution is 6.74. The molecule has 0 aromatic rings. The normalized spacial score (nSPS) is 13.1. The van der Waals surface area contributed by atoms with Crippen LogP contribution in [-0.4, -0.2) is 33.8 Å². The van der Waals surface area contributed by atoms with Crippen molar-refractivity contribution < 1.29 is 18.7 Å². The Labute approximate surface area is 118 Å². The lowest BCUT2D eigenvalue weighted by Gasteiger charge is -2.35. The van der Waals surface area contributed by atoms with Gasteiger partial charge in [0.05, 0.1) is 12.7 Å². The third-order valence-electron chi connectivity index (χ3n) is 3.14. The van der Waals surface area contributed by atoms with Gasteiger partial charge in [-0.3, -0.25) is 0 Å². The van der Waals surface area contributed by atoms with E-state index in [0.29, 0.717) is 6.61 Å². The van der Waals surface area contributed by atoms with Gasteiger partial charge in [-0.05, 0) is 38.1 Å². The molecule has 0 fully saturated rings. The van der Waals surface area contributed by atoms with Crippen LogP contribution in [0.5, 0.6) is 0 Å². The number of carbonyl (C=O) groups excluding carboxylic acids is 1.